The molecule has 0 radical (unpaired) electrons. The lowest BCUT2D eigenvalue weighted by atomic mass is 9.98. The van der Waals surface area contributed by atoms with Crippen LogP contribution in [-0.2, 0) is 0 Å². The Kier molecular flexibility index (Phi) is 8.79. The van der Waals surface area contributed by atoms with Crippen molar-refractivity contribution in [1.29, 1.82) is 0 Å². The molecule has 10 aromatic carbocycles. The molecule has 0 saturated carbocycles. The van der Waals surface area contributed by atoms with E-state index in [-0.39, 0.29) is 0 Å². The molecule has 69 heavy (non-hydrogen) atoms. The lowest BCUT2D eigenvalue weighted by molar-refractivity contribution is 0.950. The highest BCUT2D eigenvalue weighted by Crippen LogP contribution is 2.47. The molecule has 0 saturated heterocycles. The van der Waals surface area contributed by atoms with E-state index in [1.54, 1.807) is 0 Å². The van der Waals surface area contributed by atoms with E-state index in [1.165, 1.54) is 21.9 Å². The van der Waals surface area contributed by atoms with Crippen molar-refractivity contribution in [3.63, 3.8) is 0 Å². The summed E-state index contributed by atoms with van der Waals surface area (Å²) in [4.78, 5) is 16.2. The molecule has 0 amide bonds. The summed E-state index contributed by atoms with van der Waals surface area (Å²) < 4.78 is 7.20. The van der Waals surface area contributed by atoms with Gasteiger partial charge in [0.1, 0.15) is 0 Å². The highest BCUT2D eigenvalue weighted by atomic mass is 15.2. The zero-order chi connectivity index (χ0) is 45.4. The molecular weight excluding hydrogens is 841 g/mol. The minimum absolute atomic E-state index is 0.540. The number of benzene rings is 10. The number of rotatable bonds is 7. The Balaban J connectivity index is 1.09. The Hall–Kier alpha value is -9.39. The van der Waals surface area contributed by atoms with Gasteiger partial charge in [0.05, 0.1) is 38.8 Å². The van der Waals surface area contributed by atoms with Gasteiger partial charge >= 0.3 is 0 Å². The van der Waals surface area contributed by atoms with Gasteiger partial charge in [0.2, 0.25) is 5.95 Å². The first-order valence-electron chi connectivity index (χ1n) is 23.4. The third-order valence-electron chi connectivity index (χ3n) is 13.7. The monoisotopic (exact) mass is 880 g/mol. The van der Waals surface area contributed by atoms with Gasteiger partial charge in [-0.1, -0.05) is 194 Å². The Morgan fingerprint density at radius 3 is 1.28 bits per heavy atom. The molecule has 322 valence electrons. The molecule has 14 rings (SSSR count). The molecule has 0 fully saturated rings. The van der Waals surface area contributed by atoms with E-state index in [2.05, 4.69) is 238 Å². The van der Waals surface area contributed by atoms with Gasteiger partial charge in [-0.15, -0.1) is 0 Å². The molecule has 0 spiro atoms. The molecular formula is C63H40N6. The van der Waals surface area contributed by atoms with Crippen LogP contribution in [0.4, 0.5) is 0 Å². The molecule has 6 nitrogen and oxygen atoms in total. The summed E-state index contributed by atoms with van der Waals surface area (Å²) in [5, 5.41) is 6.88. The summed E-state index contributed by atoms with van der Waals surface area (Å²) in [5.41, 5.74) is 15.1. The fourth-order valence-corrected chi connectivity index (χ4v) is 10.6. The maximum Gasteiger partial charge on any atom is 0.238 e. The van der Waals surface area contributed by atoms with Crippen LogP contribution in [0.15, 0.2) is 243 Å². The van der Waals surface area contributed by atoms with Gasteiger partial charge in [-0.05, 0) is 70.8 Å². The largest absolute Gasteiger partial charge is 0.309 e. The highest BCUT2D eigenvalue weighted by Gasteiger charge is 2.28. The van der Waals surface area contributed by atoms with Gasteiger partial charge < -0.3 is 9.13 Å². The van der Waals surface area contributed by atoms with Crippen LogP contribution in [0.1, 0.15) is 0 Å². The molecule has 6 heteroatoms. The van der Waals surface area contributed by atoms with Crippen LogP contribution >= 0.6 is 0 Å². The van der Waals surface area contributed by atoms with Crippen molar-refractivity contribution in [1.82, 2.24) is 28.7 Å². The number of hydrogen-bond acceptors (Lipinski definition) is 3. The van der Waals surface area contributed by atoms with Gasteiger partial charge in [-0.3, -0.25) is 4.57 Å². The topological polar surface area (TPSA) is 53.5 Å². The van der Waals surface area contributed by atoms with E-state index in [4.69, 9.17) is 15.0 Å². The van der Waals surface area contributed by atoms with Crippen molar-refractivity contribution < 1.29 is 0 Å². The minimum atomic E-state index is 0.540. The predicted octanol–water partition coefficient (Wildman–Crippen LogP) is 15.8. The van der Waals surface area contributed by atoms with Crippen molar-refractivity contribution in [2.75, 3.05) is 0 Å². The molecule has 0 aliphatic heterocycles. The molecule has 4 aromatic heterocycles. The van der Waals surface area contributed by atoms with E-state index in [1.807, 2.05) is 18.2 Å². The van der Waals surface area contributed by atoms with E-state index in [0.717, 1.165) is 88.3 Å². The first kappa shape index (κ1) is 38.8. The molecule has 0 unspecified atom stereocenters. The summed E-state index contributed by atoms with van der Waals surface area (Å²) in [5.74, 6) is 1.73. The second-order valence-corrected chi connectivity index (χ2v) is 17.6. The summed E-state index contributed by atoms with van der Waals surface area (Å²) in [6, 6.07) is 86.2. The molecule has 0 aliphatic carbocycles. The molecule has 0 bridgehead atoms. The van der Waals surface area contributed by atoms with E-state index in [0.29, 0.717) is 17.6 Å². The van der Waals surface area contributed by atoms with Crippen molar-refractivity contribution in [2.24, 2.45) is 0 Å². The van der Waals surface area contributed by atoms with Crippen molar-refractivity contribution >= 4 is 65.4 Å². The van der Waals surface area contributed by atoms with Crippen molar-refractivity contribution in [3.05, 3.63) is 243 Å². The van der Waals surface area contributed by atoms with Crippen molar-refractivity contribution in [2.45, 2.75) is 0 Å². The zero-order valence-electron chi connectivity index (χ0n) is 37.3. The molecule has 0 N–H and O–H groups in total. The number of fused-ring (bicyclic) bond motifs is 9. The van der Waals surface area contributed by atoms with Crippen LogP contribution in [0.2, 0.25) is 0 Å². The normalized spacial score (nSPS) is 11.8. The highest BCUT2D eigenvalue weighted by molar-refractivity contribution is 6.26. The average Bonchev–Trinajstić information content (AvgIpc) is 4.07. The second-order valence-electron chi connectivity index (χ2n) is 17.6. The fourth-order valence-electron chi connectivity index (χ4n) is 10.6. The van der Waals surface area contributed by atoms with Crippen molar-refractivity contribution in [3.8, 4) is 62.4 Å². The van der Waals surface area contributed by atoms with Gasteiger partial charge in [-0.2, -0.15) is 9.97 Å². The first-order chi connectivity index (χ1) is 34.2. The van der Waals surface area contributed by atoms with E-state index >= 15 is 0 Å². The maximum atomic E-state index is 5.50. The number of para-hydroxylation sites is 5. The third kappa shape index (κ3) is 6.16. The standard InChI is InChI=1S/C63H40N6/c1-4-19-41(20-5-1)45-23-18-24-46(39-45)42-35-37-44(38-36-42)62-64-61(43-21-6-2-7-22-43)65-63(66-62)69-55-33-16-12-29-50(55)52-40-57-58(51-30-13-17-34-56(51)67(57)47-25-8-3-9-26-47)60(59(52)69)68-53-31-14-10-27-48(53)49-28-11-15-32-54(49)68/h1-40H. The maximum absolute atomic E-state index is 5.50. The second kappa shape index (κ2) is 15.6. The van der Waals surface area contributed by atoms with Gasteiger partial charge in [0.25, 0.3) is 0 Å². The van der Waals surface area contributed by atoms with Gasteiger partial charge in [0.15, 0.2) is 11.6 Å². The number of aromatic nitrogens is 6. The quantitative estimate of drug-likeness (QED) is 0.160. The van der Waals surface area contributed by atoms with E-state index < -0.39 is 0 Å². The van der Waals surface area contributed by atoms with Crippen LogP contribution in [0.3, 0.4) is 0 Å². The summed E-state index contributed by atoms with van der Waals surface area (Å²) in [6.07, 6.45) is 0. The number of hydrogen-bond donors (Lipinski definition) is 0. The smallest absolute Gasteiger partial charge is 0.238 e. The van der Waals surface area contributed by atoms with Crippen LogP contribution < -0.4 is 0 Å². The van der Waals surface area contributed by atoms with Crippen LogP contribution in [0.25, 0.3) is 128 Å². The number of nitrogens with zero attached hydrogens (tertiary/aromatic N) is 6. The molecule has 0 atom stereocenters. The molecule has 0 aliphatic rings. The fraction of sp³-hybridized carbons (Fsp3) is 0. The third-order valence-corrected chi connectivity index (χ3v) is 13.7. The first-order valence-corrected chi connectivity index (χ1v) is 23.4. The Morgan fingerprint density at radius 1 is 0.261 bits per heavy atom. The summed E-state index contributed by atoms with van der Waals surface area (Å²) in [6.45, 7) is 0. The summed E-state index contributed by atoms with van der Waals surface area (Å²) in [7, 11) is 0. The van der Waals surface area contributed by atoms with Crippen LogP contribution in [-0.4, -0.2) is 28.7 Å². The Bertz CT molecular complexity index is 4230. The predicted molar refractivity (Wildman–Crippen MR) is 285 cm³/mol. The average molecular weight is 881 g/mol. The Labute approximate surface area is 397 Å². The zero-order valence-corrected chi connectivity index (χ0v) is 37.3. The van der Waals surface area contributed by atoms with Gasteiger partial charge in [0, 0.05) is 49.1 Å². The lowest BCUT2D eigenvalue weighted by Crippen LogP contribution is -2.08. The molecule has 14 aromatic rings. The van der Waals surface area contributed by atoms with Crippen LogP contribution in [0, 0.1) is 0 Å². The minimum Gasteiger partial charge on any atom is -0.309 e. The van der Waals surface area contributed by atoms with Gasteiger partial charge in [-0.25, -0.2) is 4.98 Å². The summed E-state index contributed by atoms with van der Waals surface area (Å²) >= 11 is 0. The Morgan fingerprint density at radius 2 is 0.681 bits per heavy atom. The molecule has 4 heterocycles. The van der Waals surface area contributed by atoms with E-state index in [9.17, 15) is 0 Å². The SMILES string of the molecule is c1ccc(-c2cccc(-c3ccc(-c4nc(-c5ccccc5)nc(-n5c6ccccc6c6cc7c(c(-n8c9ccccc9c9ccccc98)c65)c5ccccc5n7-c5ccccc5)n4)cc3)c2)cc1. The van der Waals surface area contributed by atoms with Crippen LogP contribution in [0.5, 0.6) is 0 Å². The lowest BCUT2D eigenvalue weighted by Gasteiger charge is -2.17.